The summed E-state index contributed by atoms with van der Waals surface area (Å²) in [6, 6.07) is 7.81. The number of ether oxygens (including phenoxy) is 1. The van der Waals surface area contributed by atoms with Crippen molar-refractivity contribution in [2.45, 2.75) is 6.36 Å². The van der Waals surface area contributed by atoms with Gasteiger partial charge in [-0.25, -0.2) is 0 Å². The van der Waals surface area contributed by atoms with Crippen LogP contribution in [-0.4, -0.2) is 11.3 Å². The Bertz CT molecular complexity index is 564. The number of aromatic nitrogens is 1. The van der Waals surface area contributed by atoms with Crippen molar-refractivity contribution in [1.29, 1.82) is 0 Å². The molecule has 0 saturated carbocycles. The smallest absolute Gasteiger partial charge is 0.406 e. The molecule has 100 valence electrons. The van der Waals surface area contributed by atoms with Crippen LogP contribution in [0.3, 0.4) is 0 Å². The van der Waals surface area contributed by atoms with Crippen molar-refractivity contribution in [3.05, 3.63) is 45.5 Å². The average molecular weight is 397 g/mol. The van der Waals surface area contributed by atoms with Crippen molar-refractivity contribution < 1.29 is 17.9 Å². The first-order valence-electron chi connectivity index (χ1n) is 5.03. The van der Waals surface area contributed by atoms with E-state index in [1.807, 2.05) is 0 Å². The standard InChI is InChI=1S/C12H6Br2F3NO/c13-8-5-7(19-12(15,16)17)6-9(14)11(8)10-3-1-2-4-18-10/h1-6H. The molecule has 2 aromatic rings. The quantitative estimate of drug-likeness (QED) is 0.698. The molecular formula is C12H6Br2F3NO. The molecule has 0 saturated heterocycles. The predicted molar refractivity (Wildman–Crippen MR) is 71.8 cm³/mol. The summed E-state index contributed by atoms with van der Waals surface area (Å²) >= 11 is 6.45. The molecule has 0 aliphatic rings. The maximum Gasteiger partial charge on any atom is 0.573 e. The molecule has 0 bridgehead atoms. The van der Waals surface area contributed by atoms with Gasteiger partial charge in [0.2, 0.25) is 0 Å². The van der Waals surface area contributed by atoms with Gasteiger partial charge in [-0.15, -0.1) is 13.2 Å². The third-order valence-electron chi connectivity index (χ3n) is 2.17. The van der Waals surface area contributed by atoms with Crippen LogP contribution in [0.15, 0.2) is 45.5 Å². The molecule has 0 amide bonds. The number of pyridine rings is 1. The Morgan fingerprint density at radius 1 is 1.05 bits per heavy atom. The van der Waals surface area contributed by atoms with Crippen molar-refractivity contribution in [2.75, 3.05) is 0 Å². The summed E-state index contributed by atoms with van der Waals surface area (Å²) in [6.45, 7) is 0. The summed E-state index contributed by atoms with van der Waals surface area (Å²) < 4.78 is 41.3. The molecule has 0 unspecified atom stereocenters. The minimum atomic E-state index is -4.72. The molecule has 0 aliphatic heterocycles. The van der Waals surface area contributed by atoms with Crippen LogP contribution in [0.1, 0.15) is 0 Å². The Kier molecular flexibility index (Phi) is 4.15. The topological polar surface area (TPSA) is 22.1 Å². The van der Waals surface area contributed by atoms with Gasteiger partial charge in [0.15, 0.2) is 0 Å². The zero-order chi connectivity index (χ0) is 14.0. The van der Waals surface area contributed by atoms with E-state index in [1.54, 1.807) is 24.4 Å². The Balaban J connectivity index is 2.44. The average Bonchev–Trinajstić information content (AvgIpc) is 2.27. The second kappa shape index (κ2) is 5.50. The van der Waals surface area contributed by atoms with Crippen LogP contribution in [0.25, 0.3) is 11.3 Å². The van der Waals surface area contributed by atoms with Crippen LogP contribution in [0.5, 0.6) is 5.75 Å². The lowest BCUT2D eigenvalue weighted by Crippen LogP contribution is -2.17. The second-order valence-corrected chi connectivity index (χ2v) is 5.23. The molecule has 1 aromatic heterocycles. The minimum Gasteiger partial charge on any atom is -0.406 e. The van der Waals surface area contributed by atoms with Gasteiger partial charge in [-0.3, -0.25) is 4.98 Å². The van der Waals surface area contributed by atoms with E-state index in [0.717, 1.165) is 0 Å². The fraction of sp³-hybridized carbons (Fsp3) is 0.0833. The highest BCUT2D eigenvalue weighted by Crippen LogP contribution is 2.38. The number of benzene rings is 1. The van der Waals surface area contributed by atoms with E-state index >= 15 is 0 Å². The highest BCUT2D eigenvalue weighted by molar-refractivity contribution is 9.11. The number of hydrogen-bond donors (Lipinski definition) is 0. The fourth-order valence-corrected chi connectivity index (χ4v) is 3.05. The van der Waals surface area contributed by atoms with E-state index in [1.165, 1.54) is 12.1 Å². The fourth-order valence-electron chi connectivity index (χ4n) is 1.50. The van der Waals surface area contributed by atoms with E-state index in [2.05, 4.69) is 41.6 Å². The highest BCUT2D eigenvalue weighted by atomic mass is 79.9. The van der Waals surface area contributed by atoms with Gasteiger partial charge >= 0.3 is 6.36 Å². The minimum absolute atomic E-state index is 0.300. The van der Waals surface area contributed by atoms with Gasteiger partial charge in [-0.05, 0) is 56.1 Å². The summed E-state index contributed by atoms with van der Waals surface area (Å²) in [7, 11) is 0. The Morgan fingerprint density at radius 2 is 1.68 bits per heavy atom. The largest absolute Gasteiger partial charge is 0.573 e. The number of alkyl halides is 3. The second-order valence-electron chi connectivity index (χ2n) is 3.52. The van der Waals surface area contributed by atoms with E-state index in [9.17, 15) is 13.2 Å². The maximum atomic E-state index is 12.2. The molecule has 19 heavy (non-hydrogen) atoms. The van der Waals surface area contributed by atoms with Crippen molar-refractivity contribution in [3.63, 3.8) is 0 Å². The molecule has 0 spiro atoms. The van der Waals surface area contributed by atoms with Crippen molar-refractivity contribution in [1.82, 2.24) is 4.98 Å². The predicted octanol–water partition coefficient (Wildman–Crippen LogP) is 5.17. The zero-order valence-electron chi connectivity index (χ0n) is 9.21. The van der Waals surface area contributed by atoms with Crippen LogP contribution >= 0.6 is 31.9 Å². The lowest BCUT2D eigenvalue weighted by molar-refractivity contribution is -0.274. The summed E-state index contributed by atoms with van der Waals surface area (Å²) in [6.07, 6.45) is -3.11. The van der Waals surface area contributed by atoms with Crippen molar-refractivity contribution in [3.8, 4) is 17.0 Å². The molecular weight excluding hydrogens is 391 g/mol. The van der Waals surface area contributed by atoms with Gasteiger partial charge in [-0.1, -0.05) is 6.07 Å². The van der Waals surface area contributed by atoms with Gasteiger partial charge in [0.05, 0.1) is 5.69 Å². The molecule has 0 atom stereocenters. The first kappa shape index (κ1) is 14.3. The van der Waals surface area contributed by atoms with Crippen LogP contribution in [0, 0.1) is 0 Å². The molecule has 2 rings (SSSR count). The molecule has 1 aromatic carbocycles. The van der Waals surface area contributed by atoms with Crippen LogP contribution in [0.2, 0.25) is 0 Å². The normalized spacial score (nSPS) is 11.4. The number of hydrogen-bond acceptors (Lipinski definition) is 2. The number of nitrogens with zero attached hydrogens (tertiary/aromatic N) is 1. The zero-order valence-corrected chi connectivity index (χ0v) is 12.4. The van der Waals surface area contributed by atoms with Crippen molar-refractivity contribution >= 4 is 31.9 Å². The van der Waals surface area contributed by atoms with E-state index in [4.69, 9.17) is 0 Å². The summed E-state index contributed by atoms with van der Waals surface area (Å²) in [4.78, 5) is 4.15. The first-order chi connectivity index (χ1) is 8.87. The SMILES string of the molecule is FC(F)(F)Oc1cc(Br)c(-c2ccccn2)c(Br)c1. The molecule has 1 heterocycles. The first-order valence-corrected chi connectivity index (χ1v) is 6.61. The molecule has 2 nitrogen and oxygen atoms in total. The van der Waals surface area contributed by atoms with Crippen molar-refractivity contribution in [2.24, 2.45) is 0 Å². The molecule has 0 radical (unpaired) electrons. The summed E-state index contributed by atoms with van der Waals surface area (Å²) in [5, 5.41) is 0. The molecule has 0 fully saturated rings. The Morgan fingerprint density at radius 3 is 2.16 bits per heavy atom. The van der Waals surface area contributed by atoms with Gasteiger partial charge in [0.25, 0.3) is 0 Å². The highest BCUT2D eigenvalue weighted by Gasteiger charge is 2.31. The number of rotatable bonds is 2. The molecule has 0 aliphatic carbocycles. The maximum absolute atomic E-state index is 12.2. The Hall–Kier alpha value is -1.08. The number of halogens is 5. The van der Waals surface area contributed by atoms with Crippen LogP contribution < -0.4 is 4.74 Å². The monoisotopic (exact) mass is 395 g/mol. The summed E-state index contributed by atoms with van der Waals surface area (Å²) in [5.74, 6) is -0.300. The van der Waals surface area contributed by atoms with E-state index in [-0.39, 0.29) is 5.75 Å². The summed E-state index contributed by atoms with van der Waals surface area (Å²) in [5.41, 5.74) is 1.30. The van der Waals surface area contributed by atoms with Crippen LogP contribution in [0.4, 0.5) is 13.2 Å². The third-order valence-corrected chi connectivity index (χ3v) is 3.42. The molecule has 0 N–H and O–H groups in total. The van der Waals surface area contributed by atoms with E-state index < -0.39 is 6.36 Å². The van der Waals surface area contributed by atoms with Crippen LogP contribution in [-0.2, 0) is 0 Å². The van der Waals surface area contributed by atoms with Gasteiger partial charge < -0.3 is 4.74 Å². The molecule has 7 heteroatoms. The van der Waals surface area contributed by atoms with E-state index in [0.29, 0.717) is 20.2 Å². The third kappa shape index (κ3) is 3.70. The lowest BCUT2D eigenvalue weighted by atomic mass is 10.1. The van der Waals surface area contributed by atoms with Gasteiger partial charge in [0, 0.05) is 20.7 Å². The van der Waals surface area contributed by atoms with Gasteiger partial charge in [-0.2, -0.15) is 0 Å². The Labute approximate surface area is 123 Å². The lowest BCUT2D eigenvalue weighted by Gasteiger charge is -2.12. The van der Waals surface area contributed by atoms with Gasteiger partial charge in [0.1, 0.15) is 5.75 Å².